The van der Waals surface area contributed by atoms with Crippen LogP contribution in [0.15, 0.2) is 152 Å². The summed E-state index contributed by atoms with van der Waals surface area (Å²) in [6, 6.07) is 49.4. The largest absolute Gasteiger partial charge is 0.265 e. The van der Waals surface area contributed by atoms with Gasteiger partial charge in [-0.2, -0.15) is 0 Å². The van der Waals surface area contributed by atoms with Gasteiger partial charge in [0.1, 0.15) is 0 Å². The third-order valence-corrected chi connectivity index (χ3v) is 8.74. The lowest BCUT2D eigenvalue weighted by molar-refractivity contribution is 1.29. The van der Waals surface area contributed by atoms with Crippen molar-refractivity contribution in [3.05, 3.63) is 152 Å². The van der Waals surface area contributed by atoms with E-state index in [1.165, 1.54) is 21.5 Å². The van der Waals surface area contributed by atoms with Crippen molar-refractivity contribution in [1.29, 1.82) is 0 Å². The van der Waals surface area contributed by atoms with Gasteiger partial charge in [0.15, 0.2) is 0 Å². The van der Waals surface area contributed by atoms with E-state index in [1.807, 2.05) is 24.5 Å². The smallest absolute Gasteiger partial charge is 0.0800 e. The van der Waals surface area contributed by atoms with Crippen LogP contribution in [0.3, 0.4) is 0 Å². The number of fused-ring (bicyclic) bond motifs is 7. The molecule has 0 radical (unpaired) electrons. The van der Waals surface area contributed by atoms with Gasteiger partial charge in [0.25, 0.3) is 0 Å². The van der Waals surface area contributed by atoms with Gasteiger partial charge in [0.2, 0.25) is 0 Å². The van der Waals surface area contributed by atoms with E-state index in [-0.39, 0.29) is 0 Å². The van der Waals surface area contributed by atoms with E-state index in [2.05, 4.69) is 132 Å². The predicted octanol–water partition coefficient (Wildman–Crippen LogP) is 10.6. The molecule has 9 aromatic rings. The molecule has 0 atom stereocenters. The number of aromatic nitrogens is 3. The minimum Gasteiger partial charge on any atom is -0.265 e. The maximum atomic E-state index is 5.42. The second-order valence-electron chi connectivity index (χ2n) is 11.2. The zero-order valence-corrected chi connectivity index (χ0v) is 23.8. The Bertz CT molecular complexity index is 2480. The SMILES string of the molecule is c1cc(-c2ccncc2)nc(-c2c3ccccc3c(-c3nc4ccccc4c4c3ccc3ccccc34)c3ccccc23)c1. The van der Waals surface area contributed by atoms with Crippen molar-refractivity contribution in [3.63, 3.8) is 0 Å². The van der Waals surface area contributed by atoms with Crippen LogP contribution in [-0.4, -0.2) is 15.0 Å². The van der Waals surface area contributed by atoms with Crippen molar-refractivity contribution in [2.75, 3.05) is 0 Å². The summed E-state index contributed by atoms with van der Waals surface area (Å²) in [7, 11) is 0. The van der Waals surface area contributed by atoms with Crippen LogP contribution in [0, 0.1) is 0 Å². The maximum absolute atomic E-state index is 5.42. The minimum atomic E-state index is 0.927. The van der Waals surface area contributed by atoms with Crippen LogP contribution in [0.1, 0.15) is 0 Å². The van der Waals surface area contributed by atoms with Gasteiger partial charge in [-0.05, 0) is 62.6 Å². The molecule has 0 aliphatic carbocycles. The summed E-state index contributed by atoms with van der Waals surface area (Å²) in [4.78, 5) is 14.8. The van der Waals surface area contributed by atoms with Crippen molar-refractivity contribution >= 4 is 54.0 Å². The van der Waals surface area contributed by atoms with Crippen LogP contribution in [0.2, 0.25) is 0 Å². The lowest BCUT2D eigenvalue weighted by Crippen LogP contribution is -1.96. The molecule has 0 aliphatic heterocycles. The quantitative estimate of drug-likeness (QED) is 0.160. The molecule has 6 aromatic carbocycles. The predicted molar refractivity (Wildman–Crippen MR) is 184 cm³/mol. The molecule has 9 rings (SSSR count). The molecule has 0 saturated carbocycles. The van der Waals surface area contributed by atoms with E-state index < -0.39 is 0 Å². The molecular formula is C41H25N3. The van der Waals surface area contributed by atoms with Gasteiger partial charge in [-0.1, -0.05) is 109 Å². The van der Waals surface area contributed by atoms with E-state index in [0.29, 0.717) is 0 Å². The van der Waals surface area contributed by atoms with Crippen LogP contribution in [-0.2, 0) is 0 Å². The molecule has 0 amide bonds. The fraction of sp³-hybridized carbons (Fsp3) is 0. The van der Waals surface area contributed by atoms with Gasteiger partial charge in [-0.3, -0.25) is 4.98 Å². The molecule has 0 fully saturated rings. The monoisotopic (exact) mass is 559 g/mol. The van der Waals surface area contributed by atoms with E-state index in [4.69, 9.17) is 9.97 Å². The zero-order chi connectivity index (χ0) is 29.0. The second kappa shape index (κ2) is 9.82. The summed E-state index contributed by atoms with van der Waals surface area (Å²) < 4.78 is 0. The van der Waals surface area contributed by atoms with Crippen LogP contribution >= 0.6 is 0 Å². The highest BCUT2D eigenvalue weighted by Crippen LogP contribution is 2.46. The number of para-hydroxylation sites is 1. The summed E-state index contributed by atoms with van der Waals surface area (Å²) in [5.41, 5.74) is 7.20. The topological polar surface area (TPSA) is 38.7 Å². The fourth-order valence-electron chi connectivity index (χ4n) is 6.83. The normalized spacial score (nSPS) is 11.6. The molecule has 3 aromatic heterocycles. The van der Waals surface area contributed by atoms with Crippen molar-refractivity contribution in [1.82, 2.24) is 15.0 Å². The van der Waals surface area contributed by atoms with Gasteiger partial charge in [0.05, 0.1) is 22.6 Å². The van der Waals surface area contributed by atoms with Crippen molar-refractivity contribution in [2.24, 2.45) is 0 Å². The Kier molecular flexibility index (Phi) is 5.50. The van der Waals surface area contributed by atoms with Crippen LogP contribution in [0.5, 0.6) is 0 Å². The Hall–Kier alpha value is -5.93. The van der Waals surface area contributed by atoms with E-state index in [9.17, 15) is 0 Å². The van der Waals surface area contributed by atoms with Gasteiger partial charge in [-0.15, -0.1) is 0 Å². The summed E-state index contributed by atoms with van der Waals surface area (Å²) in [5.74, 6) is 0. The first-order valence-corrected chi connectivity index (χ1v) is 14.9. The van der Waals surface area contributed by atoms with Crippen molar-refractivity contribution in [3.8, 4) is 33.8 Å². The molecule has 0 N–H and O–H groups in total. The van der Waals surface area contributed by atoms with E-state index in [0.717, 1.165) is 66.2 Å². The standard InChI is InChI=1S/C41H25N3/c1-2-11-28-26(10-1)20-21-34-38(28)33-16-7-8-17-36(33)44-41(34)40-31-14-5-3-12-29(31)39(30-13-4-6-15-32(30)40)37-19-9-18-35(43-37)27-22-24-42-25-23-27/h1-25H. The molecule has 3 heterocycles. The third kappa shape index (κ3) is 3.73. The zero-order valence-electron chi connectivity index (χ0n) is 23.8. The van der Waals surface area contributed by atoms with Crippen molar-refractivity contribution < 1.29 is 0 Å². The Morgan fingerprint density at radius 1 is 0.364 bits per heavy atom. The Balaban J connectivity index is 1.43. The van der Waals surface area contributed by atoms with Crippen LogP contribution in [0.25, 0.3) is 87.8 Å². The van der Waals surface area contributed by atoms with E-state index >= 15 is 0 Å². The lowest BCUT2D eigenvalue weighted by Gasteiger charge is -2.19. The highest BCUT2D eigenvalue weighted by atomic mass is 14.7. The molecule has 0 unspecified atom stereocenters. The molecule has 0 saturated heterocycles. The molecule has 44 heavy (non-hydrogen) atoms. The molecular weight excluding hydrogens is 534 g/mol. The number of nitrogens with zero attached hydrogens (tertiary/aromatic N) is 3. The third-order valence-electron chi connectivity index (χ3n) is 8.74. The number of hydrogen-bond donors (Lipinski definition) is 0. The summed E-state index contributed by atoms with van der Waals surface area (Å²) in [6.07, 6.45) is 3.63. The molecule has 3 nitrogen and oxygen atoms in total. The fourth-order valence-corrected chi connectivity index (χ4v) is 6.83. The van der Waals surface area contributed by atoms with Gasteiger partial charge < -0.3 is 0 Å². The van der Waals surface area contributed by atoms with Crippen LogP contribution in [0.4, 0.5) is 0 Å². The lowest BCUT2D eigenvalue weighted by atomic mass is 9.86. The average molecular weight is 560 g/mol. The molecule has 0 bridgehead atoms. The number of rotatable bonds is 3. The average Bonchev–Trinajstić information content (AvgIpc) is 3.10. The Labute approximate surface area is 254 Å². The molecule has 0 aliphatic rings. The van der Waals surface area contributed by atoms with E-state index in [1.54, 1.807) is 0 Å². The first-order chi connectivity index (χ1) is 21.8. The van der Waals surface area contributed by atoms with Crippen LogP contribution < -0.4 is 0 Å². The molecule has 3 heteroatoms. The Morgan fingerprint density at radius 3 is 1.68 bits per heavy atom. The highest BCUT2D eigenvalue weighted by molar-refractivity contribution is 6.27. The number of hydrogen-bond acceptors (Lipinski definition) is 3. The number of pyridine rings is 3. The first kappa shape index (κ1) is 24.6. The summed E-state index contributed by atoms with van der Waals surface area (Å²) >= 11 is 0. The van der Waals surface area contributed by atoms with Gasteiger partial charge >= 0.3 is 0 Å². The van der Waals surface area contributed by atoms with Crippen molar-refractivity contribution in [2.45, 2.75) is 0 Å². The first-order valence-electron chi connectivity index (χ1n) is 14.9. The second-order valence-corrected chi connectivity index (χ2v) is 11.2. The maximum Gasteiger partial charge on any atom is 0.0800 e. The Morgan fingerprint density at radius 2 is 0.955 bits per heavy atom. The number of benzene rings is 6. The molecule has 0 spiro atoms. The highest BCUT2D eigenvalue weighted by Gasteiger charge is 2.21. The molecule has 204 valence electrons. The summed E-state index contributed by atoms with van der Waals surface area (Å²) in [6.45, 7) is 0. The van der Waals surface area contributed by atoms with Gasteiger partial charge in [0, 0.05) is 45.2 Å². The minimum absolute atomic E-state index is 0.927. The van der Waals surface area contributed by atoms with Gasteiger partial charge in [-0.25, -0.2) is 9.97 Å². The summed E-state index contributed by atoms with van der Waals surface area (Å²) in [5, 5.41) is 10.7.